The fourth-order valence-electron chi connectivity index (χ4n) is 3.13. The molecule has 0 spiro atoms. The molecule has 3 rings (SSSR count). The van der Waals surface area contributed by atoms with Crippen molar-refractivity contribution in [3.8, 4) is 0 Å². The topological polar surface area (TPSA) is 30.9 Å². The second kappa shape index (κ2) is 5.89. The number of alkyl halides is 3. The lowest BCUT2D eigenvalue weighted by atomic mass is 10.0. The lowest BCUT2D eigenvalue weighted by Crippen LogP contribution is -2.15. The van der Waals surface area contributed by atoms with Crippen molar-refractivity contribution in [2.75, 3.05) is 0 Å². The summed E-state index contributed by atoms with van der Waals surface area (Å²) in [5.41, 5.74) is 8.93. The summed E-state index contributed by atoms with van der Waals surface area (Å²) >= 11 is 0. The van der Waals surface area contributed by atoms with E-state index in [9.17, 15) is 13.2 Å². The van der Waals surface area contributed by atoms with Crippen molar-refractivity contribution in [1.82, 2.24) is 4.57 Å². The van der Waals surface area contributed by atoms with Gasteiger partial charge in [-0.15, -0.1) is 0 Å². The SMILES string of the molecule is CCn1c2ccccc2c2cc([C@@H](N)CCC(F)(F)F)ccc21. The summed E-state index contributed by atoms with van der Waals surface area (Å²) in [6.45, 7) is 2.92. The second-order valence-electron chi connectivity index (χ2n) is 5.80. The molecular weight excluding hydrogens is 301 g/mol. The number of nitrogens with zero attached hydrogens (tertiary/aromatic N) is 1. The van der Waals surface area contributed by atoms with Crippen LogP contribution in [0.25, 0.3) is 21.8 Å². The molecule has 0 unspecified atom stereocenters. The zero-order valence-electron chi connectivity index (χ0n) is 12.9. The van der Waals surface area contributed by atoms with Crippen molar-refractivity contribution >= 4 is 21.8 Å². The molecule has 5 heteroatoms. The monoisotopic (exact) mass is 320 g/mol. The maximum Gasteiger partial charge on any atom is 0.389 e. The summed E-state index contributed by atoms with van der Waals surface area (Å²) in [6.07, 6.45) is -5.12. The number of aryl methyl sites for hydroxylation is 1. The van der Waals surface area contributed by atoms with Crippen LogP contribution in [0.3, 0.4) is 0 Å². The first-order valence-electron chi connectivity index (χ1n) is 7.74. The Kier molecular flexibility index (Phi) is 4.06. The van der Waals surface area contributed by atoms with Crippen molar-refractivity contribution in [3.63, 3.8) is 0 Å². The molecule has 0 aliphatic rings. The molecular formula is C18H19F3N2. The van der Waals surface area contributed by atoms with Crippen molar-refractivity contribution in [3.05, 3.63) is 48.0 Å². The third-order valence-electron chi connectivity index (χ3n) is 4.28. The van der Waals surface area contributed by atoms with Gasteiger partial charge in [0.2, 0.25) is 0 Å². The number of nitrogens with two attached hydrogens (primary N) is 1. The van der Waals surface area contributed by atoms with E-state index in [0.717, 1.165) is 33.9 Å². The highest BCUT2D eigenvalue weighted by Crippen LogP contribution is 2.32. The minimum atomic E-state index is -4.17. The number of fused-ring (bicyclic) bond motifs is 3. The number of halogens is 3. The van der Waals surface area contributed by atoms with Gasteiger partial charge in [0.1, 0.15) is 0 Å². The fraction of sp³-hybridized carbons (Fsp3) is 0.333. The highest BCUT2D eigenvalue weighted by Gasteiger charge is 2.28. The quantitative estimate of drug-likeness (QED) is 0.707. The van der Waals surface area contributed by atoms with Crippen molar-refractivity contribution < 1.29 is 13.2 Å². The maximum absolute atomic E-state index is 12.4. The molecule has 1 heterocycles. The molecule has 2 aromatic carbocycles. The highest BCUT2D eigenvalue weighted by atomic mass is 19.4. The lowest BCUT2D eigenvalue weighted by Gasteiger charge is -2.14. The van der Waals surface area contributed by atoms with Gasteiger partial charge in [0.05, 0.1) is 0 Å². The minimum Gasteiger partial charge on any atom is -0.341 e. The zero-order valence-corrected chi connectivity index (χ0v) is 12.9. The predicted octanol–water partition coefficient (Wildman–Crippen LogP) is 5.16. The van der Waals surface area contributed by atoms with Crippen molar-refractivity contribution in [1.29, 1.82) is 0 Å². The molecule has 2 N–H and O–H groups in total. The molecule has 0 amide bonds. The summed E-state index contributed by atoms with van der Waals surface area (Å²) < 4.78 is 39.4. The summed E-state index contributed by atoms with van der Waals surface area (Å²) in [4.78, 5) is 0. The molecule has 0 aliphatic carbocycles. The van der Waals surface area contributed by atoms with Crippen LogP contribution in [0, 0.1) is 0 Å². The number of aromatic nitrogens is 1. The van der Waals surface area contributed by atoms with Gasteiger partial charge in [0.25, 0.3) is 0 Å². The summed E-state index contributed by atoms with van der Waals surface area (Å²) in [7, 11) is 0. The van der Waals surface area contributed by atoms with Crippen LogP contribution >= 0.6 is 0 Å². The molecule has 0 aliphatic heterocycles. The molecule has 0 radical (unpaired) electrons. The molecule has 23 heavy (non-hydrogen) atoms. The molecule has 122 valence electrons. The van der Waals surface area contributed by atoms with E-state index in [2.05, 4.69) is 17.6 Å². The minimum absolute atomic E-state index is 0.0958. The standard InChI is InChI=1S/C18H19F3N2/c1-2-23-16-6-4-3-5-13(16)14-11-12(7-8-17(14)23)15(22)9-10-18(19,20)21/h3-8,11,15H,2,9-10,22H2,1H3/t15-/m0/s1. The normalized spacial score (nSPS) is 13.8. The van der Waals surface area contributed by atoms with Gasteiger partial charge in [-0.25, -0.2) is 0 Å². The zero-order chi connectivity index (χ0) is 16.6. The van der Waals surface area contributed by atoms with E-state index in [1.54, 1.807) is 0 Å². The van der Waals surface area contributed by atoms with Gasteiger partial charge in [-0.2, -0.15) is 13.2 Å². The van der Waals surface area contributed by atoms with Gasteiger partial charge in [-0.1, -0.05) is 24.3 Å². The maximum atomic E-state index is 12.4. The number of rotatable bonds is 4. The molecule has 0 bridgehead atoms. The molecule has 1 atom stereocenters. The average Bonchev–Trinajstić information content (AvgIpc) is 2.85. The van der Waals surface area contributed by atoms with Crippen molar-refractivity contribution in [2.45, 2.75) is 38.5 Å². The number of benzene rings is 2. The van der Waals surface area contributed by atoms with Gasteiger partial charge in [0.15, 0.2) is 0 Å². The van der Waals surface area contributed by atoms with Crippen LogP contribution in [0.1, 0.15) is 31.4 Å². The van der Waals surface area contributed by atoms with E-state index in [-0.39, 0.29) is 6.42 Å². The number of hydrogen-bond donors (Lipinski definition) is 1. The first-order valence-corrected chi connectivity index (χ1v) is 7.74. The summed E-state index contributed by atoms with van der Waals surface area (Å²) in [5, 5.41) is 2.15. The molecule has 0 saturated carbocycles. The van der Waals surface area contributed by atoms with Crippen LogP contribution < -0.4 is 5.73 Å². The van der Waals surface area contributed by atoms with E-state index >= 15 is 0 Å². The molecule has 3 aromatic rings. The van der Waals surface area contributed by atoms with Gasteiger partial charge < -0.3 is 10.3 Å². The van der Waals surface area contributed by atoms with Crippen LogP contribution in [0.5, 0.6) is 0 Å². The Balaban J connectivity index is 2.03. The Labute approximate surface area is 132 Å². The predicted molar refractivity (Wildman–Crippen MR) is 87.3 cm³/mol. The van der Waals surface area contributed by atoms with E-state index in [4.69, 9.17) is 5.73 Å². The van der Waals surface area contributed by atoms with Gasteiger partial charge in [0, 0.05) is 40.8 Å². The highest BCUT2D eigenvalue weighted by molar-refractivity contribution is 6.08. The Hall–Kier alpha value is -2.01. The van der Waals surface area contributed by atoms with E-state index < -0.39 is 18.6 Å². The van der Waals surface area contributed by atoms with Crippen molar-refractivity contribution in [2.24, 2.45) is 5.73 Å². The smallest absolute Gasteiger partial charge is 0.341 e. The van der Waals surface area contributed by atoms with E-state index in [0.29, 0.717) is 0 Å². The van der Waals surface area contributed by atoms with Crippen LogP contribution in [0.15, 0.2) is 42.5 Å². The lowest BCUT2D eigenvalue weighted by molar-refractivity contribution is -0.136. The third-order valence-corrected chi connectivity index (χ3v) is 4.28. The van der Waals surface area contributed by atoms with Crippen LogP contribution in [0.4, 0.5) is 13.2 Å². The first-order chi connectivity index (χ1) is 10.9. The van der Waals surface area contributed by atoms with Crippen LogP contribution in [-0.4, -0.2) is 10.7 Å². The van der Waals surface area contributed by atoms with Crippen LogP contribution in [-0.2, 0) is 6.54 Å². The summed E-state index contributed by atoms with van der Waals surface area (Å²) in [5.74, 6) is 0. The number of hydrogen-bond acceptors (Lipinski definition) is 1. The largest absolute Gasteiger partial charge is 0.389 e. The molecule has 1 aromatic heterocycles. The summed E-state index contributed by atoms with van der Waals surface area (Å²) in [6, 6.07) is 13.2. The van der Waals surface area contributed by atoms with Gasteiger partial charge in [-0.05, 0) is 37.1 Å². The van der Waals surface area contributed by atoms with E-state index in [1.165, 1.54) is 0 Å². The first kappa shape index (κ1) is 15.9. The second-order valence-corrected chi connectivity index (χ2v) is 5.80. The fourth-order valence-corrected chi connectivity index (χ4v) is 3.13. The van der Waals surface area contributed by atoms with Gasteiger partial charge in [-0.3, -0.25) is 0 Å². The van der Waals surface area contributed by atoms with Gasteiger partial charge >= 0.3 is 6.18 Å². The Morgan fingerprint density at radius 3 is 2.43 bits per heavy atom. The molecule has 0 saturated heterocycles. The molecule has 0 fully saturated rings. The molecule has 2 nitrogen and oxygen atoms in total. The Morgan fingerprint density at radius 1 is 1.04 bits per heavy atom. The Morgan fingerprint density at radius 2 is 1.74 bits per heavy atom. The Bertz CT molecular complexity index is 833. The third kappa shape index (κ3) is 3.06. The average molecular weight is 320 g/mol. The number of para-hydroxylation sites is 1. The van der Waals surface area contributed by atoms with Crippen LogP contribution in [0.2, 0.25) is 0 Å². The van der Waals surface area contributed by atoms with E-state index in [1.807, 2.05) is 36.4 Å².